The van der Waals surface area contributed by atoms with E-state index in [-0.39, 0.29) is 5.78 Å². The molecule has 1 N–H and O–H groups in total. The van der Waals surface area contributed by atoms with Gasteiger partial charge in [-0.05, 0) is 25.5 Å². The van der Waals surface area contributed by atoms with Crippen LogP contribution >= 0.6 is 11.8 Å². The second-order valence-electron chi connectivity index (χ2n) is 5.99. The molecule has 130 valence electrons. The minimum absolute atomic E-state index is 0.111. The van der Waals surface area contributed by atoms with Crippen LogP contribution in [-0.2, 0) is 13.0 Å². The third-order valence-corrected chi connectivity index (χ3v) is 5.08. The Morgan fingerprint density at radius 1 is 1.24 bits per heavy atom. The topological polar surface area (TPSA) is 63.6 Å². The van der Waals surface area contributed by atoms with Crippen molar-refractivity contribution in [3.63, 3.8) is 0 Å². The molecule has 3 aromatic rings. The van der Waals surface area contributed by atoms with Gasteiger partial charge in [-0.25, -0.2) is 4.98 Å². The average molecular weight is 354 g/mol. The molecule has 2 aromatic heterocycles. The summed E-state index contributed by atoms with van der Waals surface area (Å²) in [6.45, 7) is 6.85. The first-order chi connectivity index (χ1) is 12.1. The minimum Gasteiger partial charge on any atom is -0.344 e. The lowest BCUT2D eigenvalue weighted by atomic mass is 10.2. The summed E-state index contributed by atoms with van der Waals surface area (Å²) in [6.07, 6.45) is 0.808. The molecular weight excluding hydrogens is 332 g/mol. The molecule has 3 rings (SSSR count). The summed E-state index contributed by atoms with van der Waals surface area (Å²) in [4.78, 5) is 17.0. The predicted octanol–water partition coefficient (Wildman–Crippen LogP) is 3.81. The fourth-order valence-electron chi connectivity index (χ4n) is 2.80. The molecule has 0 aliphatic heterocycles. The molecule has 0 aliphatic carbocycles. The van der Waals surface area contributed by atoms with E-state index in [1.54, 1.807) is 0 Å². The number of Topliss-reactive ketones (excluding diaryl/α,β-unsaturated/α-hetero) is 1. The Balaban J connectivity index is 1.71. The summed E-state index contributed by atoms with van der Waals surface area (Å²) in [5.41, 5.74) is 4.12. The second-order valence-corrected chi connectivity index (χ2v) is 6.93. The van der Waals surface area contributed by atoms with Crippen molar-refractivity contribution in [2.45, 2.75) is 38.9 Å². The van der Waals surface area contributed by atoms with Gasteiger partial charge in [-0.3, -0.25) is 9.89 Å². The number of aryl methyl sites for hydroxylation is 2. The number of hydrogen-bond donors (Lipinski definition) is 1. The molecule has 5 nitrogen and oxygen atoms in total. The first-order valence-corrected chi connectivity index (χ1v) is 9.35. The van der Waals surface area contributed by atoms with Crippen molar-refractivity contribution < 1.29 is 4.79 Å². The molecule has 0 atom stereocenters. The molecule has 25 heavy (non-hydrogen) atoms. The van der Waals surface area contributed by atoms with Crippen LogP contribution in [0, 0.1) is 13.8 Å². The van der Waals surface area contributed by atoms with Crippen molar-refractivity contribution in [2.24, 2.45) is 0 Å². The van der Waals surface area contributed by atoms with Crippen molar-refractivity contribution >= 4 is 17.5 Å². The van der Waals surface area contributed by atoms with E-state index in [0.717, 1.165) is 35.7 Å². The lowest BCUT2D eigenvalue weighted by Crippen LogP contribution is -2.07. The van der Waals surface area contributed by atoms with E-state index in [9.17, 15) is 4.79 Å². The quantitative estimate of drug-likeness (QED) is 0.518. The van der Waals surface area contributed by atoms with Crippen LogP contribution in [0.25, 0.3) is 0 Å². The van der Waals surface area contributed by atoms with Crippen LogP contribution in [-0.4, -0.2) is 31.3 Å². The Morgan fingerprint density at radius 3 is 2.68 bits per heavy atom. The molecule has 1 aromatic carbocycles. The Hall–Kier alpha value is -2.34. The molecule has 0 fully saturated rings. The van der Waals surface area contributed by atoms with E-state index in [2.05, 4.69) is 31.9 Å². The van der Waals surface area contributed by atoms with Gasteiger partial charge in [-0.1, -0.05) is 49.0 Å². The molecule has 0 saturated heterocycles. The third-order valence-electron chi connectivity index (χ3n) is 4.24. The minimum atomic E-state index is 0.111. The van der Waals surface area contributed by atoms with Crippen molar-refractivity contribution in [3.8, 4) is 0 Å². The van der Waals surface area contributed by atoms with Crippen LogP contribution in [0.15, 0.2) is 41.6 Å². The predicted molar refractivity (Wildman–Crippen MR) is 100 cm³/mol. The number of hydrogen-bond acceptors (Lipinski definition) is 4. The van der Waals surface area contributed by atoms with Gasteiger partial charge >= 0.3 is 0 Å². The molecule has 0 unspecified atom stereocenters. The standard InChI is InChI=1S/C19H22N4OS/c1-4-18-20-19(22-21-18)25-12-17(24)16-10-13(2)23(14(16)3)11-15-8-6-5-7-9-15/h5-10H,4,11-12H2,1-3H3,(H,20,21,22). The van der Waals surface area contributed by atoms with E-state index >= 15 is 0 Å². The van der Waals surface area contributed by atoms with Crippen molar-refractivity contribution in [3.05, 3.63) is 64.7 Å². The fraction of sp³-hybridized carbons (Fsp3) is 0.316. The van der Waals surface area contributed by atoms with Crippen LogP contribution in [0.2, 0.25) is 0 Å². The SMILES string of the molecule is CCc1nc(SCC(=O)c2cc(C)n(Cc3ccccc3)c2C)n[nH]1. The molecule has 0 bridgehead atoms. The number of nitrogens with one attached hydrogen (secondary N) is 1. The Kier molecular flexibility index (Phi) is 5.38. The Labute approximate surface area is 151 Å². The van der Waals surface area contributed by atoms with Gasteiger partial charge in [0, 0.05) is 29.9 Å². The van der Waals surface area contributed by atoms with E-state index in [0.29, 0.717) is 10.9 Å². The summed E-state index contributed by atoms with van der Waals surface area (Å²) in [6, 6.07) is 12.3. The fourth-order valence-corrected chi connectivity index (χ4v) is 3.50. The van der Waals surface area contributed by atoms with Crippen LogP contribution in [0.5, 0.6) is 0 Å². The number of H-pyrrole nitrogens is 1. The zero-order valence-electron chi connectivity index (χ0n) is 14.7. The molecule has 6 heteroatoms. The maximum atomic E-state index is 12.6. The van der Waals surface area contributed by atoms with Gasteiger partial charge < -0.3 is 4.57 Å². The Bertz CT molecular complexity index is 867. The smallest absolute Gasteiger partial charge is 0.208 e. The third kappa shape index (κ3) is 4.02. The summed E-state index contributed by atoms with van der Waals surface area (Å²) in [5, 5.41) is 7.62. The normalized spacial score (nSPS) is 11.0. The first-order valence-electron chi connectivity index (χ1n) is 8.36. The largest absolute Gasteiger partial charge is 0.344 e. The summed E-state index contributed by atoms with van der Waals surface area (Å²) >= 11 is 1.38. The number of carbonyl (C=O) groups excluding carboxylic acids is 1. The number of nitrogens with zero attached hydrogens (tertiary/aromatic N) is 3. The summed E-state index contributed by atoms with van der Waals surface area (Å²) in [7, 11) is 0. The second kappa shape index (κ2) is 7.70. The average Bonchev–Trinajstić information content (AvgIpc) is 3.20. The van der Waals surface area contributed by atoms with Gasteiger partial charge in [0.05, 0.1) is 5.75 Å². The number of thioether (sulfide) groups is 1. The lowest BCUT2D eigenvalue weighted by Gasteiger charge is -2.09. The maximum absolute atomic E-state index is 12.6. The van der Waals surface area contributed by atoms with Crippen molar-refractivity contribution in [1.82, 2.24) is 19.7 Å². The molecule has 0 spiro atoms. The molecule has 0 amide bonds. The van der Waals surface area contributed by atoms with Crippen LogP contribution in [0.4, 0.5) is 0 Å². The molecule has 0 aliphatic rings. The number of ketones is 1. The highest BCUT2D eigenvalue weighted by Gasteiger charge is 2.17. The van der Waals surface area contributed by atoms with Crippen LogP contribution in [0.3, 0.4) is 0 Å². The van der Waals surface area contributed by atoms with Gasteiger partial charge in [-0.2, -0.15) is 0 Å². The zero-order valence-corrected chi connectivity index (χ0v) is 15.6. The zero-order chi connectivity index (χ0) is 17.8. The highest BCUT2D eigenvalue weighted by atomic mass is 32.2. The molecule has 2 heterocycles. The van der Waals surface area contributed by atoms with Gasteiger partial charge in [0.1, 0.15) is 5.82 Å². The highest BCUT2D eigenvalue weighted by Crippen LogP contribution is 2.21. The van der Waals surface area contributed by atoms with E-state index in [1.807, 2.05) is 45.0 Å². The molecule has 0 radical (unpaired) electrons. The summed E-state index contributed by atoms with van der Waals surface area (Å²) < 4.78 is 2.19. The maximum Gasteiger partial charge on any atom is 0.208 e. The van der Waals surface area contributed by atoms with Crippen molar-refractivity contribution in [2.75, 3.05) is 5.75 Å². The Morgan fingerprint density at radius 2 is 2.00 bits per heavy atom. The number of aromatic nitrogens is 4. The van der Waals surface area contributed by atoms with Gasteiger partial charge in [0.2, 0.25) is 5.16 Å². The van der Waals surface area contributed by atoms with E-state index in [4.69, 9.17) is 0 Å². The first kappa shape index (κ1) is 17.5. The van der Waals surface area contributed by atoms with Gasteiger partial charge in [0.25, 0.3) is 0 Å². The van der Waals surface area contributed by atoms with E-state index in [1.165, 1.54) is 17.3 Å². The van der Waals surface area contributed by atoms with Crippen LogP contribution < -0.4 is 0 Å². The van der Waals surface area contributed by atoms with Gasteiger partial charge in [0.15, 0.2) is 5.78 Å². The monoisotopic (exact) mass is 354 g/mol. The van der Waals surface area contributed by atoms with Gasteiger partial charge in [-0.15, -0.1) is 5.10 Å². The lowest BCUT2D eigenvalue weighted by molar-refractivity contribution is 0.102. The number of rotatable bonds is 7. The number of aromatic amines is 1. The summed E-state index contributed by atoms with van der Waals surface area (Å²) in [5.74, 6) is 1.30. The highest BCUT2D eigenvalue weighted by molar-refractivity contribution is 7.99. The van der Waals surface area contributed by atoms with E-state index < -0.39 is 0 Å². The number of benzene rings is 1. The molecular formula is C19H22N4OS. The van der Waals surface area contributed by atoms with Crippen molar-refractivity contribution in [1.29, 1.82) is 0 Å². The molecule has 0 saturated carbocycles. The van der Waals surface area contributed by atoms with Crippen LogP contribution in [0.1, 0.15) is 40.1 Å². The number of carbonyl (C=O) groups is 1.